The van der Waals surface area contributed by atoms with Gasteiger partial charge in [0.25, 0.3) is 0 Å². The van der Waals surface area contributed by atoms with E-state index < -0.39 is 11.8 Å². The number of hydrogen-bond acceptors (Lipinski definition) is 3. The first-order valence-electron chi connectivity index (χ1n) is 6.23. The van der Waals surface area contributed by atoms with Crippen LogP contribution >= 0.6 is 11.6 Å². The fourth-order valence-electron chi connectivity index (χ4n) is 1.87. The smallest absolute Gasteiger partial charge is 0.354 e. The molecule has 1 aromatic carbocycles. The molecule has 112 valence electrons. The summed E-state index contributed by atoms with van der Waals surface area (Å²) < 4.78 is 20.7. The molecule has 0 saturated heterocycles. The molecule has 0 unspecified atom stereocenters. The molecular weight excluding hydrogens is 299 g/mol. The molecule has 0 bridgehead atoms. The molecule has 0 saturated carbocycles. The Balaban J connectivity index is 2.53. The Hall–Kier alpha value is -2.08. The van der Waals surface area contributed by atoms with Crippen LogP contribution in [0.25, 0.3) is 11.3 Å². The van der Waals surface area contributed by atoms with Crippen LogP contribution in [-0.4, -0.2) is 27.0 Å². The summed E-state index contributed by atoms with van der Waals surface area (Å²) in [4.78, 5) is 11.0. The zero-order chi connectivity index (χ0) is 15.7. The van der Waals surface area contributed by atoms with Crippen molar-refractivity contribution in [2.24, 2.45) is 7.05 Å². The van der Waals surface area contributed by atoms with Gasteiger partial charge in [0.1, 0.15) is 17.3 Å². The van der Waals surface area contributed by atoms with E-state index in [1.165, 1.54) is 23.9 Å². The van der Waals surface area contributed by atoms with E-state index in [4.69, 9.17) is 21.4 Å². The zero-order valence-electron chi connectivity index (χ0n) is 11.7. The fourth-order valence-corrected chi connectivity index (χ4v) is 2.06. The molecule has 0 radical (unpaired) electrons. The Morgan fingerprint density at radius 2 is 2.10 bits per heavy atom. The number of carboxylic acids is 1. The monoisotopic (exact) mass is 312 g/mol. The van der Waals surface area contributed by atoms with Gasteiger partial charge in [-0.3, -0.25) is 4.68 Å². The number of aryl methyl sites for hydroxylation is 1. The van der Waals surface area contributed by atoms with Crippen LogP contribution < -0.4 is 4.74 Å². The van der Waals surface area contributed by atoms with Gasteiger partial charge >= 0.3 is 5.97 Å². The van der Waals surface area contributed by atoms with E-state index in [0.717, 1.165) is 6.07 Å². The van der Waals surface area contributed by atoms with Gasteiger partial charge < -0.3 is 9.84 Å². The Morgan fingerprint density at radius 3 is 2.62 bits per heavy atom. The number of halogens is 2. The molecular formula is C14H14ClFN2O3. The minimum Gasteiger partial charge on any atom is -0.489 e. The van der Waals surface area contributed by atoms with Crippen LogP contribution in [0.3, 0.4) is 0 Å². The van der Waals surface area contributed by atoms with Gasteiger partial charge in [0.15, 0.2) is 0 Å². The van der Waals surface area contributed by atoms with Crippen LogP contribution in [0.5, 0.6) is 5.75 Å². The summed E-state index contributed by atoms with van der Waals surface area (Å²) in [6.07, 6.45) is -0.126. The first kappa shape index (κ1) is 15.3. The van der Waals surface area contributed by atoms with Crippen LogP contribution in [0.4, 0.5) is 4.39 Å². The van der Waals surface area contributed by atoms with Gasteiger partial charge in [0, 0.05) is 12.6 Å². The lowest BCUT2D eigenvalue weighted by Crippen LogP contribution is -2.06. The van der Waals surface area contributed by atoms with Crippen LogP contribution in [0.15, 0.2) is 18.2 Å². The van der Waals surface area contributed by atoms with E-state index in [-0.39, 0.29) is 28.1 Å². The van der Waals surface area contributed by atoms with Crippen molar-refractivity contribution < 1.29 is 19.0 Å². The van der Waals surface area contributed by atoms with Crippen LogP contribution in [-0.2, 0) is 7.05 Å². The average molecular weight is 313 g/mol. The van der Waals surface area contributed by atoms with Crippen molar-refractivity contribution in [3.8, 4) is 17.0 Å². The van der Waals surface area contributed by atoms with E-state index in [1.54, 1.807) is 0 Å². The van der Waals surface area contributed by atoms with Gasteiger partial charge in [0.2, 0.25) is 0 Å². The summed E-state index contributed by atoms with van der Waals surface area (Å²) in [6, 6.07) is 3.85. The Bertz CT molecular complexity index is 698. The second-order valence-electron chi connectivity index (χ2n) is 4.77. The minimum atomic E-state index is -1.13. The summed E-state index contributed by atoms with van der Waals surface area (Å²) in [7, 11) is 1.48. The van der Waals surface area contributed by atoms with Crippen LogP contribution in [0, 0.1) is 5.82 Å². The number of benzene rings is 1. The molecule has 21 heavy (non-hydrogen) atoms. The largest absolute Gasteiger partial charge is 0.489 e. The molecule has 2 rings (SSSR count). The molecule has 0 aliphatic heterocycles. The average Bonchev–Trinajstić information content (AvgIpc) is 2.74. The highest BCUT2D eigenvalue weighted by atomic mass is 35.5. The van der Waals surface area contributed by atoms with Gasteiger partial charge in [-0.2, -0.15) is 5.10 Å². The standard InChI is InChI=1S/C14H14ClFN2O3/c1-7(2)21-13-4-8(10(16)5-9(13)15)11-6-12(14(19)20)18(3)17-11/h4-7H,1-3H3,(H,19,20). The molecule has 1 N–H and O–H groups in total. The maximum absolute atomic E-state index is 14.1. The van der Waals surface area contributed by atoms with Crippen molar-refractivity contribution >= 4 is 17.6 Å². The number of aromatic carboxylic acids is 1. The molecule has 7 heteroatoms. The van der Waals surface area contributed by atoms with E-state index in [1.807, 2.05) is 13.8 Å². The molecule has 0 aliphatic rings. The number of ether oxygens (including phenoxy) is 1. The highest BCUT2D eigenvalue weighted by Gasteiger charge is 2.18. The lowest BCUT2D eigenvalue weighted by molar-refractivity contribution is 0.0685. The molecule has 0 spiro atoms. The van der Waals surface area contributed by atoms with E-state index >= 15 is 0 Å². The first-order valence-corrected chi connectivity index (χ1v) is 6.60. The predicted molar refractivity (Wildman–Crippen MR) is 76.3 cm³/mol. The lowest BCUT2D eigenvalue weighted by Gasteiger charge is -2.12. The lowest BCUT2D eigenvalue weighted by atomic mass is 10.1. The Labute approximate surface area is 125 Å². The number of carbonyl (C=O) groups is 1. The van der Waals surface area contributed by atoms with E-state index in [2.05, 4.69) is 5.10 Å². The second-order valence-corrected chi connectivity index (χ2v) is 5.18. The summed E-state index contributed by atoms with van der Waals surface area (Å²) >= 11 is 5.94. The van der Waals surface area contributed by atoms with Crippen molar-refractivity contribution in [3.63, 3.8) is 0 Å². The third kappa shape index (κ3) is 3.16. The second kappa shape index (κ2) is 5.73. The highest BCUT2D eigenvalue weighted by molar-refractivity contribution is 6.32. The Kier molecular flexibility index (Phi) is 4.18. The first-order chi connectivity index (χ1) is 9.79. The molecule has 0 aliphatic carbocycles. The van der Waals surface area contributed by atoms with Gasteiger partial charge in [-0.05, 0) is 32.0 Å². The molecule has 0 fully saturated rings. The number of aromatic nitrogens is 2. The molecule has 1 aromatic heterocycles. The topological polar surface area (TPSA) is 64.3 Å². The number of rotatable bonds is 4. The number of nitrogens with zero attached hydrogens (tertiary/aromatic N) is 2. The summed E-state index contributed by atoms with van der Waals surface area (Å²) in [5, 5.41) is 13.2. The van der Waals surface area contributed by atoms with E-state index in [0.29, 0.717) is 5.75 Å². The molecule has 1 heterocycles. The van der Waals surface area contributed by atoms with Crippen molar-refractivity contribution in [1.29, 1.82) is 0 Å². The normalized spacial score (nSPS) is 11.0. The van der Waals surface area contributed by atoms with Gasteiger partial charge in [-0.25, -0.2) is 9.18 Å². The third-order valence-electron chi connectivity index (χ3n) is 2.76. The molecule has 0 amide bonds. The molecule has 0 atom stereocenters. The van der Waals surface area contributed by atoms with E-state index in [9.17, 15) is 9.18 Å². The van der Waals surface area contributed by atoms with Crippen LogP contribution in [0.1, 0.15) is 24.3 Å². The molecule has 2 aromatic rings. The quantitative estimate of drug-likeness (QED) is 0.940. The molecule has 5 nitrogen and oxygen atoms in total. The summed E-state index contributed by atoms with van der Waals surface area (Å²) in [5.74, 6) is -1.40. The van der Waals surface area contributed by atoms with Crippen molar-refractivity contribution in [2.45, 2.75) is 20.0 Å². The summed E-state index contributed by atoms with van der Waals surface area (Å²) in [6.45, 7) is 3.64. The minimum absolute atomic E-state index is 0.0364. The number of carboxylic acid groups (broad SMARTS) is 1. The highest BCUT2D eigenvalue weighted by Crippen LogP contribution is 2.33. The third-order valence-corrected chi connectivity index (χ3v) is 3.05. The maximum Gasteiger partial charge on any atom is 0.354 e. The SMILES string of the molecule is CC(C)Oc1cc(-c2cc(C(=O)O)n(C)n2)c(F)cc1Cl. The number of hydrogen-bond donors (Lipinski definition) is 1. The maximum atomic E-state index is 14.1. The predicted octanol–water partition coefficient (Wildman–Crippen LogP) is 3.37. The summed E-state index contributed by atoms with van der Waals surface area (Å²) in [5.41, 5.74) is 0.307. The fraction of sp³-hybridized carbons (Fsp3) is 0.286. The zero-order valence-corrected chi connectivity index (χ0v) is 12.5. The van der Waals surface area contributed by atoms with Crippen LogP contribution in [0.2, 0.25) is 5.02 Å². The van der Waals surface area contributed by atoms with Crippen molar-refractivity contribution in [1.82, 2.24) is 9.78 Å². The Morgan fingerprint density at radius 1 is 1.43 bits per heavy atom. The van der Waals surface area contributed by atoms with Gasteiger partial charge in [-0.1, -0.05) is 11.6 Å². The van der Waals surface area contributed by atoms with Gasteiger partial charge in [-0.15, -0.1) is 0 Å². The van der Waals surface area contributed by atoms with Gasteiger partial charge in [0.05, 0.1) is 16.8 Å². The van der Waals surface area contributed by atoms with Crippen molar-refractivity contribution in [3.05, 3.63) is 34.7 Å². The van der Waals surface area contributed by atoms with Crippen molar-refractivity contribution in [2.75, 3.05) is 0 Å².